The zero-order valence-corrected chi connectivity index (χ0v) is 6.44. The molecule has 0 bridgehead atoms. The number of halogens is 2. The molecule has 0 aromatic heterocycles. The van der Waals surface area contributed by atoms with Gasteiger partial charge in [-0.05, 0) is 0 Å². The predicted molar refractivity (Wildman–Crippen MR) is 34.1 cm³/mol. The lowest BCUT2D eigenvalue weighted by atomic mass is 11.0. The van der Waals surface area contributed by atoms with Gasteiger partial charge in [0.2, 0.25) is 0 Å². The van der Waals surface area contributed by atoms with Gasteiger partial charge in [0.1, 0.15) is 0 Å². The quantitative estimate of drug-likeness (QED) is 0.593. The summed E-state index contributed by atoms with van der Waals surface area (Å²) in [6.07, 6.45) is 0. The van der Waals surface area contributed by atoms with Crippen LogP contribution < -0.4 is 0 Å². The number of alkyl halides is 2. The SMILES string of the molecule is [S]CC(Br)Br. The van der Waals surface area contributed by atoms with Gasteiger partial charge < -0.3 is 0 Å². The minimum Gasteiger partial charge on any atom is -0.0920 e. The molecule has 0 aromatic rings. The first kappa shape index (κ1) is 6.31. The van der Waals surface area contributed by atoms with E-state index in [-0.39, 0.29) is 0 Å². The van der Waals surface area contributed by atoms with Crippen LogP contribution >= 0.6 is 44.5 Å². The summed E-state index contributed by atoms with van der Waals surface area (Å²) >= 11 is 11.0. The van der Waals surface area contributed by atoms with Gasteiger partial charge in [0.25, 0.3) is 0 Å². The number of hydrogen-bond donors (Lipinski definition) is 0. The minimum atomic E-state index is 0.324. The monoisotopic (exact) mass is 217 g/mol. The highest BCUT2D eigenvalue weighted by Crippen LogP contribution is 2.07. The first-order valence-corrected chi connectivity index (χ1v) is 3.54. The van der Waals surface area contributed by atoms with Crippen LogP contribution in [0.2, 0.25) is 0 Å². The molecule has 0 amide bonds. The van der Waals surface area contributed by atoms with Crippen molar-refractivity contribution in [2.75, 3.05) is 5.75 Å². The fraction of sp³-hybridized carbons (Fsp3) is 1.00. The molecule has 0 fully saturated rings. The third-order valence-electron chi connectivity index (χ3n) is 0.126. The van der Waals surface area contributed by atoms with E-state index in [1.54, 1.807) is 0 Å². The molecular formula is C2H3Br2S. The van der Waals surface area contributed by atoms with Gasteiger partial charge in [-0.1, -0.05) is 44.5 Å². The van der Waals surface area contributed by atoms with Crippen molar-refractivity contribution in [3.05, 3.63) is 0 Å². The van der Waals surface area contributed by atoms with Gasteiger partial charge in [-0.25, -0.2) is 0 Å². The first-order chi connectivity index (χ1) is 2.27. The minimum absolute atomic E-state index is 0.324. The van der Waals surface area contributed by atoms with Crippen LogP contribution in [0.3, 0.4) is 0 Å². The lowest BCUT2D eigenvalue weighted by molar-refractivity contribution is 1.52. The molecule has 0 atom stereocenters. The van der Waals surface area contributed by atoms with Crippen LogP contribution in [0.1, 0.15) is 0 Å². The van der Waals surface area contributed by atoms with Crippen molar-refractivity contribution >= 4 is 44.5 Å². The summed E-state index contributed by atoms with van der Waals surface area (Å²) in [7, 11) is 0. The van der Waals surface area contributed by atoms with Gasteiger partial charge >= 0.3 is 0 Å². The van der Waals surface area contributed by atoms with Crippen LogP contribution in [-0.4, -0.2) is 9.49 Å². The lowest BCUT2D eigenvalue weighted by Crippen LogP contribution is -1.80. The molecule has 31 valence electrons. The summed E-state index contributed by atoms with van der Waals surface area (Å²) in [6.45, 7) is 0. The van der Waals surface area contributed by atoms with Crippen LogP contribution in [0.4, 0.5) is 0 Å². The van der Waals surface area contributed by atoms with Crippen molar-refractivity contribution in [2.45, 2.75) is 3.74 Å². The van der Waals surface area contributed by atoms with Gasteiger partial charge in [0.05, 0.1) is 3.74 Å². The Morgan fingerprint density at radius 2 is 1.80 bits per heavy atom. The van der Waals surface area contributed by atoms with Crippen LogP contribution in [-0.2, 0) is 0 Å². The molecule has 0 N–H and O–H groups in total. The second kappa shape index (κ2) is 3.50. The molecule has 0 aliphatic heterocycles. The maximum Gasteiger partial charge on any atom is 0.0796 e. The molecule has 0 aliphatic rings. The molecule has 1 radical (unpaired) electrons. The normalized spacial score (nSPS) is 9.60. The molecule has 0 spiro atoms. The molecular weight excluding hydrogens is 216 g/mol. The standard InChI is InChI=1S/C2H3Br2S/c3-2(4)1-5/h2H,1H2. The summed E-state index contributed by atoms with van der Waals surface area (Å²) in [5, 5.41) is 0. The highest BCUT2D eigenvalue weighted by molar-refractivity contribution is 9.24. The van der Waals surface area contributed by atoms with Crippen molar-refractivity contribution in [3.63, 3.8) is 0 Å². The summed E-state index contributed by atoms with van der Waals surface area (Å²) in [5.74, 6) is 0.722. The molecule has 0 aromatic carbocycles. The van der Waals surface area contributed by atoms with Gasteiger partial charge in [0, 0.05) is 5.75 Å². The molecule has 0 saturated carbocycles. The largest absolute Gasteiger partial charge is 0.0920 e. The van der Waals surface area contributed by atoms with E-state index in [2.05, 4.69) is 44.5 Å². The van der Waals surface area contributed by atoms with Crippen molar-refractivity contribution in [3.8, 4) is 0 Å². The third-order valence-corrected chi connectivity index (χ3v) is 1.96. The van der Waals surface area contributed by atoms with Gasteiger partial charge in [-0.2, -0.15) is 0 Å². The van der Waals surface area contributed by atoms with Crippen LogP contribution in [0.25, 0.3) is 0 Å². The van der Waals surface area contributed by atoms with E-state index in [0.29, 0.717) is 3.74 Å². The van der Waals surface area contributed by atoms with E-state index in [4.69, 9.17) is 0 Å². The Labute approximate surface area is 54.0 Å². The second-order valence-electron chi connectivity index (χ2n) is 0.558. The van der Waals surface area contributed by atoms with E-state index in [1.807, 2.05) is 0 Å². The Bertz CT molecular complexity index is 21.6. The summed E-state index contributed by atoms with van der Waals surface area (Å²) < 4.78 is 0.324. The van der Waals surface area contributed by atoms with Crippen LogP contribution in [0, 0.1) is 0 Å². The zero-order valence-electron chi connectivity index (χ0n) is 2.45. The van der Waals surface area contributed by atoms with Crippen molar-refractivity contribution < 1.29 is 0 Å². The Morgan fingerprint density at radius 1 is 1.60 bits per heavy atom. The molecule has 0 unspecified atom stereocenters. The molecule has 3 heteroatoms. The van der Waals surface area contributed by atoms with E-state index in [9.17, 15) is 0 Å². The van der Waals surface area contributed by atoms with Gasteiger partial charge in [-0.3, -0.25) is 0 Å². The summed E-state index contributed by atoms with van der Waals surface area (Å²) in [6, 6.07) is 0. The molecule has 0 nitrogen and oxygen atoms in total. The average Bonchev–Trinajstić information content (AvgIpc) is 1.38. The van der Waals surface area contributed by atoms with Gasteiger partial charge in [0.15, 0.2) is 0 Å². The highest BCUT2D eigenvalue weighted by Gasteiger charge is 1.87. The number of rotatable bonds is 1. The highest BCUT2D eigenvalue weighted by atomic mass is 79.9. The van der Waals surface area contributed by atoms with Crippen molar-refractivity contribution in [1.29, 1.82) is 0 Å². The molecule has 0 saturated heterocycles. The Morgan fingerprint density at radius 3 is 1.80 bits per heavy atom. The molecule has 0 rings (SSSR count). The molecule has 5 heavy (non-hydrogen) atoms. The average molecular weight is 219 g/mol. The van der Waals surface area contributed by atoms with E-state index in [1.165, 1.54) is 0 Å². The van der Waals surface area contributed by atoms with Gasteiger partial charge in [-0.15, -0.1) is 0 Å². The van der Waals surface area contributed by atoms with E-state index < -0.39 is 0 Å². The van der Waals surface area contributed by atoms with Crippen molar-refractivity contribution in [1.82, 2.24) is 0 Å². The van der Waals surface area contributed by atoms with Crippen molar-refractivity contribution in [2.24, 2.45) is 0 Å². The third kappa shape index (κ3) is 5.31. The van der Waals surface area contributed by atoms with E-state index >= 15 is 0 Å². The fourth-order valence-electron chi connectivity index (χ4n) is 0. The summed E-state index contributed by atoms with van der Waals surface area (Å²) in [4.78, 5) is 0. The Balaban J connectivity index is 2.54. The van der Waals surface area contributed by atoms with Crippen LogP contribution in [0.5, 0.6) is 0 Å². The smallest absolute Gasteiger partial charge is 0.0796 e. The van der Waals surface area contributed by atoms with Crippen LogP contribution in [0.15, 0.2) is 0 Å². The molecule has 0 aliphatic carbocycles. The Hall–Kier alpha value is 1.31. The maximum absolute atomic E-state index is 4.58. The van der Waals surface area contributed by atoms with E-state index in [0.717, 1.165) is 5.75 Å². The fourth-order valence-corrected chi connectivity index (χ4v) is 0. The second-order valence-corrected chi connectivity index (χ2v) is 4.33. The maximum atomic E-state index is 4.58. The lowest BCUT2D eigenvalue weighted by Gasteiger charge is -1.83. The number of hydrogen-bond acceptors (Lipinski definition) is 0. The zero-order chi connectivity index (χ0) is 4.28. The summed E-state index contributed by atoms with van der Waals surface area (Å²) in [5.41, 5.74) is 0. The topological polar surface area (TPSA) is 0 Å². The Kier molecular flexibility index (Phi) is 4.41. The first-order valence-electron chi connectivity index (χ1n) is 1.13. The molecule has 0 heterocycles. The predicted octanol–water partition coefficient (Wildman–Crippen LogP) is 2.30.